The summed E-state index contributed by atoms with van der Waals surface area (Å²) in [6.07, 6.45) is -0.268. The number of hydrogen-bond donors (Lipinski definition) is 2. The zero-order valence-electron chi connectivity index (χ0n) is 7.17. The predicted octanol–water partition coefficient (Wildman–Crippen LogP) is -0.423. The quantitative estimate of drug-likeness (QED) is 0.395. The highest BCUT2D eigenvalue weighted by atomic mass is 16.5. The Morgan fingerprint density at radius 3 is 2.73 bits per heavy atom. The first-order chi connectivity index (χ1) is 5.35. The maximum absolute atomic E-state index is 8.65. The average Bonchev–Trinajstić information content (AvgIpc) is 2.05. The largest absolute Gasteiger partial charge is 0.392 e. The van der Waals surface area contributed by atoms with E-state index in [1.807, 2.05) is 6.92 Å². The van der Waals surface area contributed by atoms with Crippen molar-refractivity contribution in [3.05, 3.63) is 0 Å². The normalized spacial score (nSPS) is 13.4. The van der Waals surface area contributed by atoms with Gasteiger partial charge in [0.2, 0.25) is 0 Å². The van der Waals surface area contributed by atoms with Gasteiger partial charge in [-0.25, -0.2) is 0 Å². The van der Waals surface area contributed by atoms with E-state index in [0.717, 1.165) is 6.61 Å². The van der Waals surface area contributed by atoms with Crippen molar-refractivity contribution < 1.29 is 14.6 Å². The van der Waals surface area contributed by atoms with Crippen molar-refractivity contribution in [3.63, 3.8) is 0 Å². The molecule has 0 aliphatic rings. The molecule has 0 aliphatic carbocycles. The fourth-order valence-corrected chi connectivity index (χ4v) is 0.659. The zero-order valence-corrected chi connectivity index (χ0v) is 7.17. The van der Waals surface area contributed by atoms with Crippen LogP contribution in [0.1, 0.15) is 6.92 Å². The molecule has 68 valence electrons. The lowest BCUT2D eigenvalue weighted by Gasteiger charge is -2.13. The first-order valence-corrected chi connectivity index (χ1v) is 3.80. The molecule has 11 heavy (non-hydrogen) atoms. The molecular weight excluding hydrogens is 146 g/mol. The SMILES string of the molecule is CCOCCNC(CO)OC. The van der Waals surface area contributed by atoms with Gasteiger partial charge in [-0.05, 0) is 6.92 Å². The second kappa shape index (κ2) is 7.94. The number of nitrogens with one attached hydrogen (secondary N) is 1. The second-order valence-corrected chi connectivity index (χ2v) is 2.06. The highest BCUT2D eigenvalue weighted by molar-refractivity contribution is 4.51. The molecule has 0 aromatic rings. The van der Waals surface area contributed by atoms with E-state index in [2.05, 4.69) is 5.32 Å². The van der Waals surface area contributed by atoms with Crippen molar-refractivity contribution in [2.24, 2.45) is 0 Å². The van der Waals surface area contributed by atoms with Crippen LogP contribution in [0.5, 0.6) is 0 Å². The molecule has 2 N–H and O–H groups in total. The summed E-state index contributed by atoms with van der Waals surface area (Å²) >= 11 is 0. The molecule has 0 heterocycles. The fraction of sp³-hybridized carbons (Fsp3) is 1.00. The first kappa shape index (κ1) is 10.8. The maximum atomic E-state index is 8.65. The molecule has 1 unspecified atom stereocenters. The number of aliphatic hydroxyl groups excluding tert-OH is 1. The van der Waals surface area contributed by atoms with Gasteiger partial charge in [-0.3, -0.25) is 5.32 Å². The van der Waals surface area contributed by atoms with E-state index in [0.29, 0.717) is 13.2 Å². The summed E-state index contributed by atoms with van der Waals surface area (Å²) in [4.78, 5) is 0. The van der Waals surface area contributed by atoms with Gasteiger partial charge in [0.1, 0.15) is 6.23 Å². The third kappa shape index (κ3) is 6.25. The van der Waals surface area contributed by atoms with Crippen LogP contribution >= 0.6 is 0 Å². The van der Waals surface area contributed by atoms with Crippen molar-refractivity contribution in [1.29, 1.82) is 0 Å². The Bertz CT molecular complexity index is 76.1. The van der Waals surface area contributed by atoms with Crippen LogP contribution in [-0.4, -0.2) is 44.8 Å². The molecule has 0 spiro atoms. The Morgan fingerprint density at radius 1 is 1.55 bits per heavy atom. The molecular formula is C7H17NO3. The summed E-state index contributed by atoms with van der Waals surface area (Å²) in [6.45, 7) is 4.00. The third-order valence-corrected chi connectivity index (χ3v) is 1.27. The van der Waals surface area contributed by atoms with Gasteiger partial charge < -0.3 is 14.6 Å². The molecule has 4 heteroatoms. The minimum absolute atomic E-state index is 0.0113. The third-order valence-electron chi connectivity index (χ3n) is 1.27. The van der Waals surface area contributed by atoms with E-state index in [4.69, 9.17) is 14.6 Å². The van der Waals surface area contributed by atoms with Gasteiger partial charge in [0.15, 0.2) is 0 Å². The highest BCUT2D eigenvalue weighted by Crippen LogP contribution is 1.81. The molecule has 0 aromatic heterocycles. The summed E-state index contributed by atoms with van der Waals surface area (Å²) in [7, 11) is 1.55. The van der Waals surface area contributed by atoms with Gasteiger partial charge in [0, 0.05) is 20.3 Å². The number of ether oxygens (including phenoxy) is 2. The van der Waals surface area contributed by atoms with Gasteiger partial charge in [0.05, 0.1) is 13.2 Å². The highest BCUT2D eigenvalue weighted by Gasteiger charge is 2.01. The number of aliphatic hydroxyl groups is 1. The Hall–Kier alpha value is -0.160. The van der Waals surface area contributed by atoms with Crippen molar-refractivity contribution in [2.75, 3.05) is 33.5 Å². The van der Waals surface area contributed by atoms with Crippen LogP contribution in [-0.2, 0) is 9.47 Å². The number of hydrogen-bond acceptors (Lipinski definition) is 4. The Morgan fingerprint density at radius 2 is 2.27 bits per heavy atom. The molecule has 0 saturated heterocycles. The van der Waals surface area contributed by atoms with Crippen molar-refractivity contribution in [2.45, 2.75) is 13.2 Å². The monoisotopic (exact) mass is 163 g/mol. The maximum Gasteiger partial charge on any atom is 0.131 e. The van der Waals surface area contributed by atoms with Crippen LogP contribution in [0.2, 0.25) is 0 Å². The Kier molecular flexibility index (Phi) is 7.83. The molecule has 0 aliphatic heterocycles. The molecule has 0 amide bonds. The fourth-order valence-electron chi connectivity index (χ4n) is 0.659. The lowest BCUT2D eigenvalue weighted by atomic mass is 10.5. The zero-order chi connectivity index (χ0) is 8.53. The lowest BCUT2D eigenvalue weighted by molar-refractivity contribution is 0.0190. The summed E-state index contributed by atoms with van der Waals surface area (Å²) < 4.78 is 9.94. The first-order valence-electron chi connectivity index (χ1n) is 3.80. The molecule has 0 saturated carbocycles. The van der Waals surface area contributed by atoms with E-state index in [1.165, 1.54) is 0 Å². The van der Waals surface area contributed by atoms with Gasteiger partial charge in [-0.1, -0.05) is 0 Å². The van der Waals surface area contributed by atoms with E-state index >= 15 is 0 Å². The molecule has 0 rings (SSSR count). The van der Waals surface area contributed by atoms with Crippen LogP contribution in [0.25, 0.3) is 0 Å². The van der Waals surface area contributed by atoms with E-state index in [9.17, 15) is 0 Å². The lowest BCUT2D eigenvalue weighted by Crippen LogP contribution is -2.36. The molecule has 0 radical (unpaired) electrons. The minimum Gasteiger partial charge on any atom is -0.392 e. The number of rotatable bonds is 7. The molecule has 4 nitrogen and oxygen atoms in total. The number of methoxy groups -OCH3 is 1. The Labute approximate surface area is 67.5 Å². The van der Waals surface area contributed by atoms with Gasteiger partial charge in [0.25, 0.3) is 0 Å². The van der Waals surface area contributed by atoms with Crippen molar-refractivity contribution in [3.8, 4) is 0 Å². The van der Waals surface area contributed by atoms with Crippen LogP contribution in [0, 0.1) is 0 Å². The molecule has 0 bridgehead atoms. The summed E-state index contributed by atoms with van der Waals surface area (Å²) in [5.74, 6) is 0. The van der Waals surface area contributed by atoms with Gasteiger partial charge in [-0.2, -0.15) is 0 Å². The van der Waals surface area contributed by atoms with E-state index in [-0.39, 0.29) is 12.8 Å². The van der Waals surface area contributed by atoms with E-state index in [1.54, 1.807) is 7.11 Å². The van der Waals surface area contributed by atoms with Crippen LogP contribution in [0.15, 0.2) is 0 Å². The van der Waals surface area contributed by atoms with Gasteiger partial charge in [-0.15, -0.1) is 0 Å². The predicted molar refractivity (Wildman–Crippen MR) is 42.4 cm³/mol. The van der Waals surface area contributed by atoms with Crippen LogP contribution in [0.4, 0.5) is 0 Å². The summed E-state index contributed by atoms with van der Waals surface area (Å²) in [5, 5.41) is 11.6. The van der Waals surface area contributed by atoms with E-state index < -0.39 is 0 Å². The van der Waals surface area contributed by atoms with Crippen molar-refractivity contribution >= 4 is 0 Å². The van der Waals surface area contributed by atoms with Gasteiger partial charge >= 0.3 is 0 Å². The summed E-state index contributed by atoms with van der Waals surface area (Å²) in [6, 6.07) is 0. The van der Waals surface area contributed by atoms with Crippen LogP contribution in [0.3, 0.4) is 0 Å². The summed E-state index contributed by atoms with van der Waals surface area (Å²) in [5.41, 5.74) is 0. The topological polar surface area (TPSA) is 50.7 Å². The smallest absolute Gasteiger partial charge is 0.131 e. The molecule has 1 atom stereocenters. The van der Waals surface area contributed by atoms with Crippen LogP contribution < -0.4 is 5.32 Å². The second-order valence-electron chi connectivity index (χ2n) is 2.06. The average molecular weight is 163 g/mol. The molecule has 0 aromatic carbocycles. The molecule has 0 fully saturated rings. The Balaban J connectivity index is 3.07. The van der Waals surface area contributed by atoms with Crippen molar-refractivity contribution in [1.82, 2.24) is 5.32 Å². The standard InChI is InChI=1S/C7H17NO3/c1-3-11-5-4-8-7(6-9)10-2/h7-9H,3-6H2,1-2H3. The minimum atomic E-state index is -0.268.